The van der Waals surface area contributed by atoms with E-state index in [1.165, 1.54) is 25.7 Å². The fraction of sp³-hybridized carbons (Fsp3) is 1.00. The van der Waals surface area contributed by atoms with Crippen molar-refractivity contribution in [3.63, 3.8) is 0 Å². The van der Waals surface area contributed by atoms with Crippen LogP contribution in [0, 0.1) is 34.0 Å². The van der Waals surface area contributed by atoms with E-state index in [0.29, 0.717) is 22.9 Å². The minimum absolute atomic E-state index is 0.315. The van der Waals surface area contributed by atoms with E-state index in [0.717, 1.165) is 17.8 Å². The summed E-state index contributed by atoms with van der Waals surface area (Å²) >= 11 is 0. The topological polar surface area (TPSA) is 20.2 Å². The molecule has 0 radical (unpaired) electrons. The van der Waals surface area contributed by atoms with Gasteiger partial charge in [-0.05, 0) is 59.7 Å². The van der Waals surface area contributed by atoms with Crippen molar-refractivity contribution in [2.75, 3.05) is 6.61 Å². The summed E-state index contributed by atoms with van der Waals surface area (Å²) in [5.74, 6) is 2.55. The summed E-state index contributed by atoms with van der Waals surface area (Å²) in [6, 6.07) is 0. The van der Waals surface area contributed by atoms with Crippen molar-refractivity contribution in [3.05, 3.63) is 0 Å². The van der Waals surface area contributed by atoms with Gasteiger partial charge in [-0.25, -0.2) is 0 Å². The number of aliphatic hydroxyl groups excluding tert-OH is 1. The molecule has 3 rings (SSSR count). The number of hydrogen-bond acceptors (Lipinski definition) is 1. The maximum Gasteiger partial charge on any atom is 0.0490 e. The van der Waals surface area contributed by atoms with Gasteiger partial charge in [0.25, 0.3) is 0 Å². The van der Waals surface area contributed by atoms with Crippen LogP contribution in [0.25, 0.3) is 0 Å². The van der Waals surface area contributed by atoms with E-state index >= 15 is 0 Å². The molecule has 3 aliphatic carbocycles. The predicted octanol–water partition coefficient (Wildman–Crippen LogP) is 3.47. The van der Waals surface area contributed by atoms with E-state index < -0.39 is 0 Å². The van der Waals surface area contributed by atoms with Gasteiger partial charge in [-0.15, -0.1) is 0 Å². The third-order valence-electron chi connectivity index (χ3n) is 7.13. The molecule has 0 amide bonds. The van der Waals surface area contributed by atoms with Crippen molar-refractivity contribution >= 4 is 0 Å². The van der Waals surface area contributed by atoms with Crippen LogP contribution in [0.2, 0.25) is 0 Å². The number of fused-ring (bicyclic) bond motifs is 1. The van der Waals surface area contributed by atoms with Gasteiger partial charge in [0.05, 0.1) is 0 Å². The lowest BCUT2D eigenvalue weighted by molar-refractivity contribution is 0.0444. The SMILES string of the molecule is CC(C1CC2CC2(C)C1(C)C)C1(CO)CC1. The van der Waals surface area contributed by atoms with E-state index in [1.54, 1.807) is 0 Å². The minimum atomic E-state index is 0.315. The molecule has 92 valence electrons. The zero-order chi connectivity index (χ0) is 11.8. The largest absolute Gasteiger partial charge is 0.396 e. The van der Waals surface area contributed by atoms with Gasteiger partial charge < -0.3 is 5.11 Å². The first-order valence-electron chi connectivity index (χ1n) is 6.98. The first-order valence-corrected chi connectivity index (χ1v) is 6.98. The van der Waals surface area contributed by atoms with E-state index in [4.69, 9.17) is 0 Å². The van der Waals surface area contributed by atoms with Gasteiger partial charge in [-0.2, -0.15) is 0 Å². The highest BCUT2D eigenvalue weighted by Gasteiger charge is 2.69. The third-order valence-corrected chi connectivity index (χ3v) is 7.13. The first-order chi connectivity index (χ1) is 7.37. The van der Waals surface area contributed by atoms with Crippen LogP contribution in [0.3, 0.4) is 0 Å². The second-order valence-electron chi connectivity index (χ2n) is 7.69. The summed E-state index contributed by atoms with van der Waals surface area (Å²) in [7, 11) is 0. The van der Waals surface area contributed by atoms with Gasteiger partial charge in [-0.1, -0.05) is 27.7 Å². The molecule has 1 N–H and O–H groups in total. The molecule has 1 nitrogen and oxygen atoms in total. The Morgan fingerprint density at radius 2 is 1.88 bits per heavy atom. The van der Waals surface area contributed by atoms with Crippen molar-refractivity contribution in [1.82, 2.24) is 0 Å². The lowest BCUT2D eigenvalue weighted by atomic mass is 9.63. The lowest BCUT2D eigenvalue weighted by Gasteiger charge is -2.41. The van der Waals surface area contributed by atoms with E-state index in [1.807, 2.05) is 0 Å². The number of aliphatic hydroxyl groups is 1. The maximum absolute atomic E-state index is 9.60. The molecule has 0 aromatic heterocycles. The molecule has 0 heterocycles. The second-order valence-corrected chi connectivity index (χ2v) is 7.69. The smallest absolute Gasteiger partial charge is 0.0490 e. The normalized spacial score (nSPS) is 48.6. The van der Waals surface area contributed by atoms with Gasteiger partial charge in [-0.3, -0.25) is 0 Å². The third kappa shape index (κ3) is 1.11. The zero-order valence-electron chi connectivity index (χ0n) is 11.2. The summed E-state index contributed by atoms with van der Waals surface area (Å²) in [5, 5.41) is 9.60. The van der Waals surface area contributed by atoms with Crippen molar-refractivity contribution in [1.29, 1.82) is 0 Å². The summed E-state index contributed by atoms with van der Waals surface area (Å²) in [5.41, 5.74) is 1.42. The molecule has 4 unspecified atom stereocenters. The van der Waals surface area contributed by atoms with Crippen molar-refractivity contribution in [2.24, 2.45) is 34.0 Å². The number of rotatable bonds is 3. The summed E-state index contributed by atoms with van der Waals surface area (Å²) in [4.78, 5) is 0. The van der Waals surface area contributed by atoms with E-state index in [9.17, 15) is 5.11 Å². The Hall–Kier alpha value is -0.0400. The van der Waals surface area contributed by atoms with E-state index in [-0.39, 0.29) is 0 Å². The molecule has 16 heavy (non-hydrogen) atoms. The Kier molecular flexibility index (Phi) is 1.98. The Morgan fingerprint density at radius 3 is 2.25 bits per heavy atom. The maximum atomic E-state index is 9.60. The Morgan fingerprint density at radius 1 is 1.25 bits per heavy atom. The Bertz CT molecular complexity index is 315. The van der Waals surface area contributed by atoms with E-state index in [2.05, 4.69) is 27.7 Å². The quantitative estimate of drug-likeness (QED) is 0.775. The minimum Gasteiger partial charge on any atom is -0.396 e. The average Bonchev–Trinajstić information content (AvgIpc) is 3.09. The standard InChI is InChI=1S/C15H26O/c1-10(15(9-16)5-6-15)12-7-11-8-14(11,4)13(12,2)3/h10-12,16H,5-9H2,1-4H3. The zero-order valence-corrected chi connectivity index (χ0v) is 11.2. The molecule has 0 aromatic carbocycles. The van der Waals surface area contributed by atoms with Crippen molar-refractivity contribution in [3.8, 4) is 0 Å². The van der Waals surface area contributed by atoms with Crippen LogP contribution in [0.15, 0.2) is 0 Å². The molecule has 3 saturated carbocycles. The molecular formula is C15H26O. The van der Waals surface area contributed by atoms with Gasteiger partial charge in [0.2, 0.25) is 0 Å². The number of hydrogen-bond donors (Lipinski definition) is 1. The second kappa shape index (κ2) is 2.85. The van der Waals surface area contributed by atoms with Gasteiger partial charge in [0.1, 0.15) is 0 Å². The van der Waals surface area contributed by atoms with Gasteiger partial charge in [0, 0.05) is 6.61 Å². The Balaban J connectivity index is 1.82. The highest BCUT2D eigenvalue weighted by atomic mass is 16.3. The fourth-order valence-electron chi connectivity index (χ4n) is 4.78. The summed E-state index contributed by atoms with van der Waals surface area (Å²) < 4.78 is 0. The van der Waals surface area contributed by atoms with Crippen LogP contribution < -0.4 is 0 Å². The fourth-order valence-corrected chi connectivity index (χ4v) is 4.78. The summed E-state index contributed by atoms with van der Waals surface area (Å²) in [6.45, 7) is 10.3. The van der Waals surface area contributed by atoms with Crippen LogP contribution in [-0.2, 0) is 0 Å². The molecule has 0 spiro atoms. The van der Waals surface area contributed by atoms with Gasteiger partial charge in [0.15, 0.2) is 0 Å². The lowest BCUT2D eigenvalue weighted by Crippen LogP contribution is -2.36. The predicted molar refractivity (Wildman–Crippen MR) is 66.0 cm³/mol. The molecule has 1 heteroatoms. The highest BCUT2D eigenvalue weighted by Crippen LogP contribution is 2.76. The molecule has 3 fully saturated rings. The monoisotopic (exact) mass is 222 g/mol. The molecule has 0 aliphatic heterocycles. The molecule has 0 saturated heterocycles. The molecule has 4 atom stereocenters. The molecular weight excluding hydrogens is 196 g/mol. The molecule has 3 aliphatic rings. The molecule has 0 bridgehead atoms. The molecule has 0 aromatic rings. The highest BCUT2D eigenvalue weighted by molar-refractivity contribution is 5.18. The van der Waals surface area contributed by atoms with Crippen LogP contribution in [-0.4, -0.2) is 11.7 Å². The van der Waals surface area contributed by atoms with Crippen molar-refractivity contribution in [2.45, 2.75) is 53.4 Å². The van der Waals surface area contributed by atoms with Crippen molar-refractivity contribution < 1.29 is 5.11 Å². The van der Waals surface area contributed by atoms with Crippen LogP contribution in [0.5, 0.6) is 0 Å². The van der Waals surface area contributed by atoms with Crippen LogP contribution >= 0.6 is 0 Å². The average molecular weight is 222 g/mol. The summed E-state index contributed by atoms with van der Waals surface area (Å²) in [6.07, 6.45) is 5.40. The first kappa shape index (κ1) is 11.1. The van der Waals surface area contributed by atoms with Gasteiger partial charge >= 0.3 is 0 Å². The Labute approximate surface area is 99.6 Å². The van der Waals surface area contributed by atoms with Crippen LogP contribution in [0.1, 0.15) is 53.4 Å². The van der Waals surface area contributed by atoms with Crippen LogP contribution in [0.4, 0.5) is 0 Å².